The van der Waals surface area contributed by atoms with Gasteiger partial charge in [-0.05, 0) is 12.8 Å². The van der Waals surface area contributed by atoms with Gasteiger partial charge in [0.15, 0.2) is 0 Å². The van der Waals surface area contributed by atoms with E-state index in [1.54, 1.807) is 0 Å². The summed E-state index contributed by atoms with van der Waals surface area (Å²) in [6, 6.07) is 0. The molecular formula is C8H18N2O4S2. The van der Waals surface area contributed by atoms with E-state index in [1.165, 1.54) is 4.31 Å². The molecule has 0 bridgehead atoms. The molecule has 0 spiro atoms. The number of nitrogens with two attached hydrogens (primary N) is 1. The first-order valence-electron chi connectivity index (χ1n) is 5.29. The van der Waals surface area contributed by atoms with Gasteiger partial charge in [0, 0.05) is 13.1 Å². The molecule has 8 heteroatoms. The average molecular weight is 270 g/mol. The number of hydrogen-bond acceptors (Lipinski definition) is 4. The van der Waals surface area contributed by atoms with Gasteiger partial charge in [0.05, 0.1) is 11.5 Å². The molecule has 1 fully saturated rings. The quantitative estimate of drug-likeness (QED) is 0.743. The zero-order valence-corrected chi connectivity index (χ0v) is 10.8. The summed E-state index contributed by atoms with van der Waals surface area (Å²) < 4.78 is 46.4. The van der Waals surface area contributed by atoms with Crippen molar-refractivity contribution in [3.05, 3.63) is 0 Å². The van der Waals surface area contributed by atoms with Gasteiger partial charge >= 0.3 is 0 Å². The molecule has 0 aromatic heterocycles. The molecule has 1 aliphatic heterocycles. The lowest BCUT2D eigenvalue weighted by Gasteiger charge is -2.19. The minimum atomic E-state index is -3.71. The molecular weight excluding hydrogens is 252 g/mol. The smallest absolute Gasteiger partial charge is 0.215 e. The first kappa shape index (κ1) is 13.9. The lowest BCUT2D eigenvalue weighted by Crippen LogP contribution is -2.36. The van der Waals surface area contributed by atoms with Crippen molar-refractivity contribution < 1.29 is 16.8 Å². The van der Waals surface area contributed by atoms with Crippen molar-refractivity contribution in [1.82, 2.24) is 4.31 Å². The summed E-state index contributed by atoms with van der Waals surface area (Å²) in [4.78, 5) is 0. The van der Waals surface area contributed by atoms with Gasteiger partial charge in [0.2, 0.25) is 20.0 Å². The molecule has 1 saturated heterocycles. The lowest BCUT2D eigenvalue weighted by molar-refractivity contribution is 0.424. The van der Waals surface area contributed by atoms with Crippen LogP contribution < -0.4 is 5.14 Å². The number of primary sulfonamides is 1. The Labute approximate surface area is 96.9 Å². The van der Waals surface area contributed by atoms with Crippen molar-refractivity contribution in [3.8, 4) is 0 Å². The van der Waals surface area contributed by atoms with E-state index < -0.39 is 31.6 Å². The van der Waals surface area contributed by atoms with Gasteiger partial charge in [-0.2, -0.15) is 0 Å². The number of hydrogen-bond donors (Lipinski definition) is 1. The van der Waals surface area contributed by atoms with Gasteiger partial charge < -0.3 is 0 Å². The third kappa shape index (κ3) is 4.77. The maximum atomic E-state index is 11.8. The highest BCUT2D eigenvalue weighted by Gasteiger charge is 2.24. The molecule has 0 aliphatic carbocycles. The fraction of sp³-hybridized carbons (Fsp3) is 1.00. The minimum absolute atomic E-state index is 0.411. The molecule has 0 atom stereocenters. The van der Waals surface area contributed by atoms with Crippen LogP contribution in [0.1, 0.15) is 25.7 Å². The van der Waals surface area contributed by atoms with Gasteiger partial charge in [0.25, 0.3) is 0 Å². The van der Waals surface area contributed by atoms with Gasteiger partial charge in [-0.15, -0.1) is 0 Å². The maximum absolute atomic E-state index is 11.8. The maximum Gasteiger partial charge on any atom is 0.215 e. The van der Waals surface area contributed by atoms with Crippen LogP contribution in [0.4, 0.5) is 0 Å². The Hall–Kier alpha value is -0.180. The summed E-state index contributed by atoms with van der Waals surface area (Å²) in [5.41, 5.74) is 0. The Morgan fingerprint density at radius 3 is 1.81 bits per heavy atom. The highest BCUT2D eigenvalue weighted by Crippen LogP contribution is 2.13. The van der Waals surface area contributed by atoms with E-state index in [9.17, 15) is 16.8 Å². The lowest BCUT2D eigenvalue weighted by atomic mass is 10.2. The van der Waals surface area contributed by atoms with Crippen LogP contribution >= 0.6 is 0 Å². The first-order chi connectivity index (χ1) is 7.31. The largest absolute Gasteiger partial charge is 0.229 e. The average Bonchev–Trinajstić information content (AvgIpc) is 2.42. The number of rotatable bonds is 4. The molecule has 1 heterocycles. The monoisotopic (exact) mass is 270 g/mol. The highest BCUT2D eigenvalue weighted by molar-refractivity contribution is 7.92. The molecule has 2 N–H and O–H groups in total. The summed E-state index contributed by atoms with van der Waals surface area (Å²) >= 11 is 0. The van der Waals surface area contributed by atoms with Crippen molar-refractivity contribution >= 4 is 20.0 Å². The molecule has 0 saturated carbocycles. The van der Waals surface area contributed by atoms with Crippen LogP contribution in [0.15, 0.2) is 0 Å². The van der Waals surface area contributed by atoms with Gasteiger partial charge in [-0.25, -0.2) is 26.3 Å². The summed E-state index contributed by atoms with van der Waals surface area (Å²) in [7, 11) is -7.18. The number of nitrogens with zero attached hydrogens (tertiary/aromatic N) is 1. The topological polar surface area (TPSA) is 97.5 Å². The van der Waals surface area contributed by atoms with E-state index in [2.05, 4.69) is 0 Å². The number of sulfonamides is 2. The minimum Gasteiger partial charge on any atom is -0.229 e. The molecule has 0 unspecified atom stereocenters. The van der Waals surface area contributed by atoms with Crippen LogP contribution in [0.3, 0.4) is 0 Å². The van der Waals surface area contributed by atoms with Crippen LogP contribution in [0, 0.1) is 0 Å². The predicted octanol–water partition coefficient (Wildman–Crippen LogP) is -0.519. The van der Waals surface area contributed by atoms with Crippen LogP contribution in [0.25, 0.3) is 0 Å². The van der Waals surface area contributed by atoms with Crippen LogP contribution in [0.5, 0.6) is 0 Å². The summed E-state index contributed by atoms with van der Waals surface area (Å²) in [6.45, 7) is 0.986. The van der Waals surface area contributed by atoms with E-state index in [4.69, 9.17) is 5.14 Å². The van der Waals surface area contributed by atoms with Gasteiger partial charge in [-0.1, -0.05) is 12.8 Å². The Morgan fingerprint density at radius 1 is 0.875 bits per heavy atom. The molecule has 0 aromatic carbocycles. The van der Waals surface area contributed by atoms with Gasteiger partial charge in [0.1, 0.15) is 0 Å². The van der Waals surface area contributed by atoms with E-state index in [0.29, 0.717) is 13.1 Å². The van der Waals surface area contributed by atoms with Crippen LogP contribution in [-0.4, -0.2) is 45.7 Å². The van der Waals surface area contributed by atoms with Crippen molar-refractivity contribution in [1.29, 1.82) is 0 Å². The van der Waals surface area contributed by atoms with Crippen molar-refractivity contribution in [3.63, 3.8) is 0 Å². The zero-order chi connectivity index (χ0) is 12.2. The standard InChI is InChI=1S/C8H18N2O4S2/c9-15(11,12)7-8-16(13,14)10-5-3-1-2-4-6-10/h1-8H2,(H2,9,11,12). The van der Waals surface area contributed by atoms with Gasteiger partial charge in [-0.3, -0.25) is 0 Å². The zero-order valence-electron chi connectivity index (χ0n) is 9.13. The van der Waals surface area contributed by atoms with Crippen LogP contribution in [-0.2, 0) is 20.0 Å². The van der Waals surface area contributed by atoms with E-state index in [0.717, 1.165) is 25.7 Å². The molecule has 0 amide bonds. The molecule has 1 aliphatic rings. The Balaban J connectivity index is 2.61. The summed E-state index contributed by atoms with van der Waals surface area (Å²) in [5.74, 6) is -0.919. The third-order valence-corrected chi connectivity index (χ3v) is 5.49. The van der Waals surface area contributed by atoms with Crippen LogP contribution in [0.2, 0.25) is 0 Å². The third-order valence-electron chi connectivity index (χ3n) is 2.58. The molecule has 0 radical (unpaired) electrons. The van der Waals surface area contributed by atoms with E-state index >= 15 is 0 Å². The Morgan fingerprint density at radius 2 is 1.38 bits per heavy atom. The first-order valence-corrected chi connectivity index (χ1v) is 8.62. The molecule has 1 rings (SSSR count). The van der Waals surface area contributed by atoms with E-state index in [1.807, 2.05) is 0 Å². The Kier molecular flexibility index (Phi) is 4.72. The fourth-order valence-corrected chi connectivity index (χ4v) is 4.51. The second kappa shape index (κ2) is 5.44. The van der Waals surface area contributed by atoms with Crippen molar-refractivity contribution in [2.45, 2.75) is 25.7 Å². The molecule has 16 heavy (non-hydrogen) atoms. The second-order valence-electron chi connectivity index (χ2n) is 4.00. The highest BCUT2D eigenvalue weighted by atomic mass is 32.2. The second-order valence-corrected chi connectivity index (χ2v) is 7.82. The molecule has 96 valence electrons. The normalized spacial score (nSPS) is 20.6. The SMILES string of the molecule is NS(=O)(=O)CCS(=O)(=O)N1CCCCCC1. The van der Waals surface area contributed by atoms with Crippen molar-refractivity contribution in [2.75, 3.05) is 24.6 Å². The summed E-state index contributed by atoms with van der Waals surface area (Å²) in [6.07, 6.45) is 3.74. The summed E-state index contributed by atoms with van der Waals surface area (Å²) in [5, 5.41) is 4.79. The Bertz CT molecular complexity index is 407. The van der Waals surface area contributed by atoms with Crippen molar-refractivity contribution in [2.24, 2.45) is 5.14 Å². The van der Waals surface area contributed by atoms with E-state index in [-0.39, 0.29) is 0 Å². The fourth-order valence-electron chi connectivity index (χ4n) is 1.67. The predicted molar refractivity (Wildman–Crippen MR) is 61.8 cm³/mol. The molecule has 0 aromatic rings. The molecule has 6 nitrogen and oxygen atoms in total.